The van der Waals surface area contributed by atoms with Crippen LogP contribution < -0.4 is 9.62 Å². The fourth-order valence-electron chi connectivity index (χ4n) is 3.59. The molecular weight excluding hydrogens is 460 g/mol. The predicted molar refractivity (Wildman–Crippen MR) is 130 cm³/mol. The van der Waals surface area contributed by atoms with Gasteiger partial charge in [0, 0.05) is 25.2 Å². The van der Waals surface area contributed by atoms with Gasteiger partial charge in [0.1, 0.15) is 12.6 Å². The quantitative estimate of drug-likeness (QED) is 0.381. The molecule has 0 heterocycles. The molecule has 0 aromatic heterocycles. The lowest BCUT2D eigenvalue weighted by molar-refractivity contribution is -0.384. The number of hydrogen-bond donors (Lipinski definition) is 1. The van der Waals surface area contributed by atoms with Gasteiger partial charge in [0.05, 0.1) is 16.9 Å². The first-order valence-corrected chi connectivity index (χ1v) is 12.7. The molecule has 0 aliphatic heterocycles. The number of nitrogens with one attached hydrogen (secondary N) is 1. The summed E-state index contributed by atoms with van der Waals surface area (Å²) in [6, 6.07) is 11.7. The van der Waals surface area contributed by atoms with Crippen molar-refractivity contribution in [3.05, 3.63) is 69.8 Å². The first-order valence-electron chi connectivity index (χ1n) is 10.8. The molecule has 184 valence electrons. The first kappa shape index (κ1) is 26.8. The average molecular weight is 491 g/mol. The Kier molecular flexibility index (Phi) is 9.13. The molecule has 0 unspecified atom stereocenters. The lowest BCUT2D eigenvalue weighted by atomic mass is 10.1. The monoisotopic (exact) mass is 490 g/mol. The van der Waals surface area contributed by atoms with Crippen molar-refractivity contribution in [3.8, 4) is 0 Å². The second-order valence-corrected chi connectivity index (χ2v) is 9.78. The number of carbonyl (C=O) groups is 2. The van der Waals surface area contributed by atoms with E-state index in [4.69, 9.17) is 0 Å². The normalized spacial score (nSPS) is 12.0. The van der Waals surface area contributed by atoms with Gasteiger partial charge in [-0.3, -0.25) is 24.0 Å². The molecular formula is C23H30N4O6S. The van der Waals surface area contributed by atoms with Gasteiger partial charge < -0.3 is 10.2 Å². The maximum Gasteiger partial charge on any atom is 0.271 e. The zero-order chi connectivity index (χ0) is 25.5. The second kappa shape index (κ2) is 11.6. The van der Waals surface area contributed by atoms with Crippen LogP contribution in [-0.2, 0) is 26.2 Å². The number of non-ortho nitro benzene ring substituents is 1. The van der Waals surface area contributed by atoms with Gasteiger partial charge in [-0.25, -0.2) is 8.42 Å². The number of aryl methyl sites for hydroxylation is 1. The van der Waals surface area contributed by atoms with Crippen LogP contribution in [0.5, 0.6) is 0 Å². The number of nitro groups is 1. The molecule has 2 aromatic carbocycles. The van der Waals surface area contributed by atoms with Crippen LogP contribution in [0.4, 0.5) is 11.4 Å². The molecule has 1 N–H and O–H groups in total. The van der Waals surface area contributed by atoms with Crippen molar-refractivity contribution in [2.45, 2.75) is 39.8 Å². The fraction of sp³-hybridized carbons (Fsp3) is 0.391. The van der Waals surface area contributed by atoms with Gasteiger partial charge in [-0.05, 0) is 31.9 Å². The standard InChI is InChI=1S/C23H30N4O6S/c1-5-21(23(29)24-6-2)25(15-18-10-7-9-17(3)13-18)22(28)16-26(34(4,32)33)19-11-8-12-20(14-19)27(30)31/h7-14,21H,5-6,15-16H2,1-4H3,(H,24,29)/t21-/m0/s1. The van der Waals surface area contributed by atoms with Gasteiger partial charge in [-0.1, -0.05) is 42.8 Å². The number of hydrogen-bond acceptors (Lipinski definition) is 6. The average Bonchev–Trinajstić information content (AvgIpc) is 2.76. The molecule has 2 aromatic rings. The SMILES string of the molecule is CCNC(=O)[C@H](CC)N(Cc1cccc(C)c1)C(=O)CN(c1cccc([N+](=O)[O-])c1)S(C)(=O)=O. The lowest BCUT2D eigenvalue weighted by Gasteiger charge is -2.32. The van der Waals surface area contributed by atoms with Crippen molar-refractivity contribution in [1.29, 1.82) is 0 Å². The summed E-state index contributed by atoms with van der Waals surface area (Å²) in [6.07, 6.45) is 1.24. The Morgan fingerprint density at radius 3 is 2.35 bits per heavy atom. The Morgan fingerprint density at radius 2 is 1.79 bits per heavy atom. The Labute approximate surface area is 199 Å². The van der Waals surface area contributed by atoms with Gasteiger partial charge in [-0.2, -0.15) is 0 Å². The predicted octanol–water partition coefficient (Wildman–Crippen LogP) is 2.61. The highest BCUT2D eigenvalue weighted by Crippen LogP contribution is 2.24. The van der Waals surface area contributed by atoms with Gasteiger partial charge in [0.15, 0.2) is 0 Å². The summed E-state index contributed by atoms with van der Waals surface area (Å²) in [5.41, 5.74) is 1.46. The molecule has 0 saturated carbocycles. The van der Waals surface area contributed by atoms with Crippen LogP contribution in [0.1, 0.15) is 31.4 Å². The van der Waals surface area contributed by atoms with Crippen molar-refractivity contribution in [3.63, 3.8) is 0 Å². The fourth-order valence-corrected chi connectivity index (χ4v) is 4.44. The van der Waals surface area contributed by atoms with Crippen molar-refractivity contribution in [2.24, 2.45) is 0 Å². The van der Waals surface area contributed by atoms with Crippen molar-refractivity contribution in [1.82, 2.24) is 10.2 Å². The van der Waals surface area contributed by atoms with Crippen LogP contribution in [0, 0.1) is 17.0 Å². The van der Waals surface area contributed by atoms with Crippen LogP contribution in [0.3, 0.4) is 0 Å². The van der Waals surface area contributed by atoms with Crippen LogP contribution in [-0.4, -0.2) is 55.4 Å². The number of sulfonamides is 1. The zero-order valence-electron chi connectivity index (χ0n) is 19.7. The Hall–Kier alpha value is -3.47. The van der Waals surface area contributed by atoms with Gasteiger partial charge in [0.2, 0.25) is 21.8 Å². The summed E-state index contributed by atoms with van der Waals surface area (Å²) in [7, 11) is -3.97. The third-order valence-corrected chi connectivity index (χ3v) is 6.32. The van der Waals surface area contributed by atoms with Crippen LogP contribution in [0.2, 0.25) is 0 Å². The summed E-state index contributed by atoms with van der Waals surface area (Å²) >= 11 is 0. The van der Waals surface area contributed by atoms with E-state index in [-0.39, 0.29) is 23.8 Å². The van der Waals surface area contributed by atoms with E-state index in [1.807, 2.05) is 31.2 Å². The number of rotatable bonds is 11. The number of benzene rings is 2. The van der Waals surface area contributed by atoms with E-state index in [1.54, 1.807) is 13.8 Å². The van der Waals surface area contributed by atoms with Crippen LogP contribution in [0.25, 0.3) is 0 Å². The van der Waals surface area contributed by atoms with Crippen molar-refractivity contribution >= 4 is 33.2 Å². The van der Waals surface area contributed by atoms with E-state index < -0.39 is 33.4 Å². The largest absolute Gasteiger partial charge is 0.355 e. The molecule has 0 radical (unpaired) electrons. The Balaban J connectivity index is 2.47. The van der Waals surface area contributed by atoms with E-state index in [0.29, 0.717) is 13.0 Å². The van der Waals surface area contributed by atoms with E-state index >= 15 is 0 Å². The van der Waals surface area contributed by atoms with E-state index in [2.05, 4.69) is 5.32 Å². The molecule has 0 aliphatic rings. The molecule has 10 nitrogen and oxygen atoms in total. The van der Waals surface area contributed by atoms with Gasteiger partial charge in [-0.15, -0.1) is 0 Å². The zero-order valence-corrected chi connectivity index (χ0v) is 20.5. The lowest BCUT2D eigenvalue weighted by Crippen LogP contribution is -2.52. The molecule has 2 amide bonds. The topological polar surface area (TPSA) is 130 Å². The van der Waals surface area contributed by atoms with Gasteiger partial charge in [0.25, 0.3) is 5.69 Å². The second-order valence-electron chi connectivity index (χ2n) is 7.88. The smallest absolute Gasteiger partial charge is 0.271 e. The van der Waals surface area contributed by atoms with E-state index in [0.717, 1.165) is 27.8 Å². The molecule has 2 rings (SSSR count). The highest BCUT2D eigenvalue weighted by Gasteiger charge is 2.31. The molecule has 0 aliphatic carbocycles. The highest BCUT2D eigenvalue weighted by atomic mass is 32.2. The Bertz CT molecular complexity index is 1150. The van der Waals surface area contributed by atoms with Crippen molar-refractivity contribution < 1.29 is 22.9 Å². The summed E-state index contributed by atoms with van der Waals surface area (Å²) in [4.78, 5) is 38.1. The minimum atomic E-state index is -3.97. The summed E-state index contributed by atoms with van der Waals surface area (Å²) in [5, 5.41) is 13.9. The molecule has 0 spiro atoms. The van der Waals surface area contributed by atoms with Crippen LogP contribution in [0.15, 0.2) is 48.5 Å². The Morgan fingerprint density at radius 1 is 1.12 bits per heavy atom. The summed E-state index contributed by atoms with van der Waals surface area (Å²) in [6.45, 7) is 5.32. The number of amides is 2. The third-order valence-electron chi connectivity index (χ3n) is 5.18. The molecule has 11 heteroatoms. The maximum atomic E-state index is 13.5. The molecule has 34 heavy (non-hydrogen) atoms. The highest BCUT2D eigenvalue weighted by molar-refractivity contribution is 7.92. The number of anilines is 1. The number of nitro benzene ring substituents is 1. The van der Waals surface area contributed by atoms with Crippen molar-refractivity contribution in [2.75, 3.05) is 23.7 Å². The van der Waals surface area contributed by atoms with Gasteiger partial charge >= 0.3 is 0 Å². The number of likely N-dealkylation sites (N-methyl/N-ethyl adjacent to an activating group) is 1. The number of nitrogens with zero attached hydrogens (tertiary/aromatic N) is 3. The summed E-state index contributed by atoms with van der Waals surface area (Å²) < 4.78 is 25.9. The first-order chi connectivity index (χ1) is 16.0. The number of carbonyl (C=O) groups excluding carboxylic acids is 2. The van der Waals surface area contributed by atoms with E-state index in [1.165, 1.54) is 23.1 Å². The summed E-state index contributed by atoms with van der Waals surface area (Å²) in [5.74, 6) is -0.941. The molecule has 0 saturated heterocycles. The van der Waals surface area contributed by atoms with Crippen LogP contribution >= 0.6 is 0 Å². The maximum absolute atomic E-state index is 13.5. The molecule has 1 atom stereocenters. The van der Waals surface area contributed by atoms with E-state index in [9.17, 15) is 28.1 Å². The minimum Gasteiger partial charge on any atom is -0.355 e. The third kappa shape index (κ3) is 7.01. The molecule has 0 fully saturated rings. The minimum absolute atomic E-state index is 0.00777. The molecule has 0 bridgehead atoms.